The maximum atomic E-state index is 12.7. The fourth-order valence-corrected chi connectivity index (χ4v) is 5.53. The zero-order valence-corrected chi connectivity index (χ0v) is 19.8. The van der Waals surface area contributed by atoms with Crippen molar-refractivity contribution in [1.82, 2.24) is 14.9 Å². The summed E-state index contributed by atoms with van der Waals surface area (Å²) in [6.07, 6.45) is 5.85. The molecule has 168 valence electrons. The lowest BCUT2D eigenvalue weighted by Gasteiger charge is -2.26. The molecule has 2 N–H and O–H groups in total. The van der Waals surface area contributed by atoms with Crippen molar-refractivity contribution in [3.8, 4) is 5.75 Å². The first kappa shape index (κ1) is 22.1. The third-order valence-electron chi connectivity index (χ3n) is 6.16. The number of ether oxygens (including phenoxy) is 1. The monoisotopic (exact) mass is 451 g/mol. The largest absolute Gasteiger partial charge is 0.494 e. The molecule has 1 unspecified atom stereocenters. The molecule has 1 aliphatic carbocycles. The van der Waals surface area contributed by atoms with Crippen LogP contribution in [0, 0.1) is 5.92 Å². The van der Waals surface area contributed by atoms with Gasteiger partial charge in [-0.25, -0.2) is 9.97 Å². The summed E-state index contributed by atoms with van der Waals surface area (Å²) in [6, 6.07) is 3.95. The smallest absolute Gasteiger partial charge is 0.225 e. The van der Waals surface area contributed by atoms with E-state index >= 15 is 0 Å². The normalized spacial score (nSPS) is 15.2. The Bertz CT molecular complexity index is 1170. The van der Waals surface area contributed by atoms with Gasteiger partial charge in [-0.15, -0.1) is 11.3 Å². The van der Waals surface area contributed by atoms with Crippen LogP contribution in [-0.2, 0) is 17.6 Å². The number of carbonyl (C=O) groups is 1. The summed E-state index contributed by atoms with van der Waals surface area (Å²) >= 11 is 1.67. The number of fused-ring (bicyclic) bond motifs is 3. The summed E-state index contributed by atoms with van der Waals surface area (Å²) in [4.78, 5) is 25.8. The Hall–Kier alpha value is -3.13. The molecule has 4 rings (SSSR count). The van der Waals surface area contributed by atoms with Crippen LogP contribution in [0.15, 0.2) is 25.0 Å². The molecule has 1 amide bonds. The molecule has 0 spiro atoms. The van der Waals surface area contributed by atoms with E-state index in [1.807, 2.05) is 44.1 Å². The Morgan fingerprint density at radius 3 is 2.88 bits per heavy atom. The van der Waals surface area contributed by atoms with Gasteiger partial charge in [-0.2, -0.15) is 0 Å². The highest BCUT2D eigenvalue weighted by atomic mass is 32.1. The van der Waals surface area contributed by atoms with E-state index in [2.05, 4.69) is 27.2 Å². The maximum Gasteiger partial charge on any atom is 0.225 e. The second-order valence-electron chi connectivity index (χ2n) is 7.92. The van der Waals surface area contributed by atoms with Crippen molar-refractivity contribution in [2.24, 2.45) is 5.92 Å². The Balaban J connectivity index is 1.72. The predicted octanol–water partition coefficient (Wildman–Crippen LogP) is 4.71. The number of hydrogen-bond donors (Lipinski definition) is 2. The van der Waals surface area contributed by atoms with Gasteiger partial charge < -0.3 is 20.3 Å². The molecule has 3 aromatic rings. The third kappa shape index (κ3) is 3.90. The molecule has 0 fully saturated rings. The molecular formula is C24H29N5O2S. The van der Waals surface area contributed by atoms with E-state index < -0.39 is 0 Å². The highest BCUT2D eigenvalue weighted by molar-refractivity contribution is 7.19. The number of methoxy groups -OCH3 is 1. The number of carbonyl (C=O) groups excluding carboxylic acids is 1. The Morgan fingerprint density at radius 2 is 2.19 bits per heavy atom. The van der Waals surface area contributed by atoms with Gasteiger partial charge in [-0.05, 0) is 43.4 Å². The minimum absolute atomic E-state index is 0.0363. The second kappa shape index (κ2) is 9.16. The van der Waals surface area contributed by atoms with Gasteiger partial charge in [0.15, 0.2) is 0 Å². The summed E-state index contributed by atoms with van der Waals surface area (Å²) in [5.74, 6) is 1.73. The number of benzene rings is 1. The van der Waals surface area contributed by atoms with Crippen LogP contribution in [-0.4, -0.2) is 48.5 Å². The van der Waals surface area contributed by atoms with Gasteiger partial charge in [0.25, 0.3) is 0 Å². The first-order valence-electron chi connectivity index (χ1n) is 10.8. The number of amides is 1. The molecule has 2 aromatic heterocycles. The van der Waals surface area contributed by atoms with Gasteiger partial charge >= 0.3 is 0 Å². The van der Waals surface area contributed by atoms with Crippen LogP contribution >= 0.6 is 11.3 Å². The van der Waals surface area contributed by atoms with Crippen molar-refractivity contribution >= 4 is 50.7 Å². The lowest BCUT2D eigenvalue weighted by molar-refractivity contribution is -0.134. The number of anilines is 3. The SMILES string of the molecule is C=Cc1cc(Nc2ncnc3sc4c(c23)CCC(C(=O)N(C)CC)C4)c(OC)cc1NC. The number of nitrogens with one attached hydrogen (secondary N) is 2. The molecule has 2 heterocycles. The summed E-state index contributed by atoms with van der Waals surface area (Å²) in [6.45, 7) is 6.66. The van der Waals surface area contributed by atoms with Crippen LogP contribution in [0.1, 0.15) is 29.3 Å². The standard InChI is InChI=1S/C24H29N5O2S/c1-6-14-10-18(19(31-5)12-17(14)25-3)28-22-21-16-9-8-15(24(30)29(4)7-2)11-20(16)32-23(21)27-13-26-22/h6,10,12-13,15,25H,1,7-9,11H2,2-5H3,(H,26,27,28). The summed E-state index contributed by atoms with van der Waals surface area (Å²) in [5, 5.41) is 7.68. The van der Waals surface area contributed by atoms with E-state index in [1.165, 1.54) is 10.4 Å². The fourth-order valence-electron chi connectivity index (χ4n) is 4.26. The van der Waals surface area contributed by atoms with Crippen LogP contribution in [0.2, 0.25) is 0 Å². The molecule has 7 nitrogen and oxygen atoms in total. The van der Waals surface area contributed by atoms with Crippen molar-refractivity contribution in [2.75, 3.05) is 38.4 Å². The molecule has 32 heavy (non-hydrogen) atoms. The van der Waals surface area contributed by atoms with Gasteiger partial charge in [0.2, 0.25) is 5.91 Å². The average Bonchev–Trinajstić information content (AvgIpc) is 3.21. The number of aromatic nitrogens is 2. The van der Waals surface area contributed by atoms with Crippen molar-refractivity contribution in [3.63, 3.8) is 0 Å². The Labute approximate surface area is 192 Å². The number of rotatable bonds is 7. The van der Waals surface area contributed by atoms with E-state index in [9.17, 15) is 4.79 Å². The molecule has 8 heteroatoms. The van der Waals surface area contributed by atoms with E-state index in [0.29, 0.717) is 5.75 Å². The molecule has 0 saturated carbocycles. The maximum absolute atomic E-state index is 12.7. The topological polar surface area (TPSA) is 79.4 Å². The molecule has 1 aliphatic rings. The van der Waals surface area contributed by atoms with E-state index in [1.54, 1.807) is 24.8 Å². The summed E-state index contributed by atoms with van der Waals surface area (Å²) < 4.78 is 5.62. The second-order valence-corrected chi connectivity index (χ2v) is 9.00. The number of thiophene rings is 1. The van der Waals surface area contributed by atoms with Crippen molar-refractivity contribution in [3.05, 3.63) is 41.0 Å². The van der Waals surface area contributed by atoms with Crippen LogP contribution < -0.4 is 15.4 Å². The predicted molar refractivity (Wildman–Crippen MR) is 132 cm³/mol. The lowest BCUT2D eigenvalue weighted by atomic mass is 9.87. The van der Waals surface area contributed by atoms with Crippen LogP contribution in [0.25, 0.3) is 16.3 Å². The quantitative estimate of drug-likeness (QED) is 0.542. The third-order valence-corrected chi connectivity index (χ3v) is 7.32. The highest BCUT2D eigenvalue weighted by Crippen LogP contribution is 2.42. The van der Waals surface area contributed by atoms with Crippen molar-refractivity contribution < 1.29 is 9.53 Å². The first-order valence-corrected chi connectivity index (χ1v) is 11.6. The number of hydrogen-bond acceptors (Lipinski definition) is 7. The summed E-state index contributed by atoms with van der Waals surface area (Å²) in [7, 11) is 5.40. The van der Waals surface area contributed by atoms with E-state index in [0.717, 1.165) is 58.8 Å². The highest BCUT2D eigenvalue weighted by Gasteiger charge is 2.30. The summed E-state index contributed by atoms with van der Waals surface area (Å²) in [5.41, 5.74) is 3.98. The molecule has 0 radical (unpaired) electrons. The lowest BCUT2D eigenvalue weighted by Crippen LogP contribution is -2.35. The zero-order chi connectivity index (χ0) is 22.8. The molecular weight excluding hydrogens is 422 g/mol. The minimum Gasteiger partial charge on any atom is -0.494 e. The van der Waals surface area contributed by atoms with Gasteiger partial charge in [-0.1, -0.05) is 12.7 Å². The Kier molecular flexibility index (Phi) is 6.32. The molecule has 0 aliphatic heterocycles. The molecule has 0 bridgehead atoms. The van der Waals surface area contributed by atoms with Crippen molar-refractivity contribution in [2.45, 2.75) is 26.2 Å². The van der Waals surface area contributed by atoms with Crippen LogP contribution in [0.3, 0.4) is 0 Å². The Morgan fingerprint density at radius 1 is 1.38 bits per heavy atom. The molecule has 0 saturated heterocycles. The number of nitrogens with zero attached hydrogens (tertiary/aromatic N) is 3. The van der Waals surface area contributed by atoms with Gasteiger partial charge in [0.05, 0.1) is 18.2 Å². The van der Waals surface area contributed by atoms with Crippen molar-refractivity contribution in [1.29, 1.82) is 0 Å². The zero-order valence-electron chi connectivity index (χ0n) is 19.0. The van der Waals surface area contributed by atoms with Gasteiger partial charge in [0, 0.05) is 43.2 Å². The van der Waals surface area contributed by atoms with Gasteiger partial charge in [0.1, 0.15) is 22.7 Å². The van der Waals surface area contributed by atoms with E-state index in [4.69, 9.17) is 4.74 Å². The first-order chi connectivity index (χ1) is 15.5. The minimum atomic E-state index is 0.0363. The molecule has 1 atom stereocenters. The number of aryl methyl sites for hydroxylation is 1. The van der Waals surface area contributed by atoms with Crippen LogP contribution in [0.5, 0.6) is 5.75 Å². The van der Waals surface area contributed by atoms with Crippen LogP contribution in [0.4, 0.5) is 17.2 Å². The molecule has 1 aromatic carbocycles. The fraction of sp³-hybridized carbons (Fsp3) is 0.375. The van der Waals surface area contributed by atoms with Gasteiger partial charge in [-0.3, -0.25) is 4.79 Å². The average molecular weight is 452 g/mol. The van der Waals surface area contributed by atoms with E-state index in [-0.39, 0.29) is 11.8 Å².